The van der Waals surface area contributed by atoms with Crippen LogP contribution >= 0.6 is 0 Å². The first-order chi connectivity index (χ1) is 12.7. The number of aliphatic hydroxyl groups is 1. The van der Waals surface area contributed by atoms with E-state index in [1.165, 1.54) is 4.68 Å². The van der Waals surface area contributed by atoms with Gasteiger partial charge in [0.15, 0.2) is 0 Å². The van der Waals surface area contributed by atoms with Gasteiger partial charge in [-0.3, -0.25) is 4.79 Å². The molecule has 0 bridgehead atoms. The summed E-state index contributed by atoms with van der Waals surface area (Å²) in [4.78, 5) is 12.2. The first-order valence-corrected chi connectivity index (χ1v) is 9.09. The number of hydrogen-bond acceptors (Lipinski definition) is 4. The van der Waals surface area contributed by atoms with Gasteiger partial charge in [0.1, 0.15) is 18.5 Å². The normalized spacial score (nSPS) is 14.8. The number of aliphatic hydroxyl groups excluding tert-OH is 1. The van der Waals surface area contributed by atoms with Gasteiger partial charge in [0.2, 0.25) is 0 Å². The molecule has 0 radical (unpaired) electrons. The van der Waals surface area contributed by atoms with Crippen LogP contribution in [-0.4, -0.2) is 27.6 Å². The van der Waals surface area contributed by atoms with Crippen molar-refractivity contribution in [3.05, 3.63) is 70.1 Å². The summed E-state index contributed by atoms with van der Waals surface area (Å²) in [5.74, 6) is 0.730. The highest BCUT2D eigenvalue weighted by Crippen LogP contribution is 2.25. The lowest BCUT2D eigenvalue weighted by molar-refractivity contribution is 0.0884. The molecule has 0 spiro atoms. The lowest BCUT2D eigenvalue weighted by Gasteiger charge is -2.18. The number of fused-ring (bicyclic) bond motifs is 2. The van der Waals surface area contributed by atoms with Crippen molar-refractivity contribution in [2.24, 2.45) is 0 Å². The van der Waals surface area contributed by atoms with E-state index in [2.05, 4.69) is 5.10 Å². The van der Waals surface area contributed by atoms with Crippen LogP contribution in [0.1, 0.15) is 24.1 Å². The van der Waals surface area contributed by atoms with Gasteiger partial charge >= 0.3 is 0 Å². The molecule has 1 N–H and O–H groups in total. The number of nitrogens with zero attached hydrogens (tertiary/aromatic N) is 2. The number of aryl methyl sites for hydroxylation is 2. The van der Waals surface area contributed by atoms with E-state index in [-0.39, 0.29) is 18.7 Å². The number of hydrogen-bond donors (Lipinski definition) is 1. The van der Waals surface area contributed by atoms with Crippen LogP contribution in [0, 0.1) is 0 Å². The molecule has 5 heteroatoms. The maximum Gasteiger partial charge on any atom is 0.267 e. The molecule has 2 aromatic carbocycles. The van der Waals surface area contributed by atoms with Gasteiger partial charge in [0, 0.05) is 11.5 Å². The Labute approximate surface area is 151 Å². The first-order valence-electron chi connectivity index (χ1n) is 9.09. The molecular weight excluding hydrogens is 328 g/mol. The molecule has 0 amide bonds. The van der Waals surface area contributed by atoms with Gasteiger partial charge in [-0.2, -0.15) is 5.10 Å². The lowest BCUT2D eigenvalue weighted by atomic mass is 9.97. The van der Waals surface area contributed by atoms with E-state index in [0.717, 1.165) is 53.5 Å². The van der Waals surface area contributed by atoms with E-state index < -0.39 is 6.10 Å². The molecule has 5 nitrogen and oxygen atoms in total. The van der Waals surface area contributed by atoms with Crippen LogP contribution in [0.4, 0.5) is 0 Å². The van der Waals surface area contributed by atoms with Crippen molar-refractivity contribution in [2.75, 3.05) is 6.61 Å². The lowest BCUT2D eigenvalue weighted by Crippen LogP contribution is -2.33. The summed E-state index contributed by atoms with van der Waals surface area (Å²) in [6.45, 7) is 0.246. The number of rotatable bonds is 5. The van der Waals surface area contributed by atoms with E-state index >= 15 is 0 Å². The second kappa shape index (κ2) is 7.30. The van der Waals surface area contributed by atoms with Crippen LogP contribution in [0.15, 0.2) is 53.3 Å². The molecule has 1 unspecified atom stereocenters. The topological polar surface area (TPSA) is 64.4 Å². The van der Waals surface area contributed by atoms with Gasteiger partial charge in [-0.1, -0.05) is 36.4 Å². The highest BCUT2D eigenvalue weighted by Gasteiger charge is 2.15. The zero-order chi connectivity index (χ0) is 17.9. The van der Waals surface area contributed by atoms with Crippen LogP contribution in [0.25, 0.3) is 10.8 Å². The molecule has 1 aromatic heterocycles. The Hall–Kier alpha value is -2.66. The first kappa shape index (κ1) is 16.8. The fourth-order valence-corrected chi connectivity index (χ4v) is 3.49. The fourth-order valence-electron chi connectivity index (χ4n) is 3.49. The van der Waals surface area contributed by atoms with E-state index in [0.29, 0.717) is 0 Å². The van der Waals surface area contributed by atoms with Crippen molar-refractivity contribution in [1.29, 1.82) is 0 Å². The summed E-state index contributed by atoms with van der Waals surface area (Å²) in [5, 5.41) is 16.9. The van der Waals surface area contributed by atoms with E-state index in [1.807, 2.05) is 42.5 Å². The predicted molar refractivity (Wildman–Crippen MR) is 101 cm³/mol. The third-order valence-corrected chi connectivity index (χ3v) is 4.84. The molecule has 1 aliphatic rings. The van der Waals surface area contributed by atoms with Gasteiger partial charge in [0.05, 0.1) is 12.2 Å². The summed E-state index contributed by atoms with van der Waals surface area (Å²) in [5.41, 5.74) is 1.88. The zero-order valence-electron chi connectivity index (χ0n) is 14.6. The van der Waals surface area contributed by atoms with Crippen LogP contribution in [0.3, 0.4) is 0 Å². The Morgan fingerprint density at radius 1 is 1.12 bits per heavy atom. The van der Waals surface area contributed by atoms with E-state index in [4.69, 9.17) is 4.74 Å². The highest BCUT2D eigenvalue weighted by atomic mass is 16.5. The Kier molecular flexibility index (Phi) is 4.71. The second-order valence-electron chi connectivity index (χ2n) is 6.79. The average Bonchev–Trinajstić information content (AvgIpc) is 2.67. The van der Waals surface area contributed by atoms with E-state index in [1.54, 1.807) is 6.07 Å². The molecule has 26 heavy (non-hydrogen) atoms. The van der Waals surface area contributed by atoms with Gasteiger partial charge in [-0.25, -0.2) is 4.68 Å². The van der Waals surface area contributed by atoms with Crippen molar-refractivity contribution >= 4 is 10.8 Å². The maximum absolute atomic E-state index is 12.2. The number of benzene rings is 2. The third-order valence-electron chi connectivity index (χ3n) is 4.84. The van der Waals surface area contributed by atoms with Crippen LogP contribution < -0.4 is 10.3 Å². The summed E-state index contributed by atoms with van der Waals surface area (Å²) in [7, 11) is 0. The molecule has 0 aliphatic heterocycles. The van der Waals surface area contributed by atoms with Gasteiger partial charge in [0.25, 0.3) is 5.56 Å². The zero-order valence-corrected chi connectivity index (χ0v) is 14.6. The monoisotopic (exact) mass is 350 g/mol. The quantitative estimate of drug-likeness (QED) is 0.768. The predicted octanol–water partition coefficient (Wildman–Crippen LogP) is 2.72. The molecule has 3 aromatic rings. The Morgan fingerprint density at radius 2 is 1.92 bits per heavy atom. The van der Waals surface area contributed by atoms with Gasteiger partial charge in [-0.15, -0.1) is 0 Å². The van der Waals surface area contributed by atoms with Crippen molar-refractivity contribution in [3.63, 3.8) is 0 Å². The summed E-state index contributed by atoms with van der Waals surface area (Å²) < 4.78 is 7.18. The van der Waals surface area contributed by atoms with Crippen molar-refractivity contribution in [1.82, 2.24) is 9.78 Å². The SMILES string of the molecule is O=c1cc2c(nn1CC(O)COc1cccc3ccccc13)CCCC2. The molecule has 0 saturated heterocycles. The van der Waals surface area contributed by atoms with Crippen molar-refractivity contribution < 1.29 is 9.84 Å². The Bertz CT molecular complexity index is 975. The van der Waals surface area contributed by atoms with Crippen molar-refractivity contribution in [3.8, 4) is 5.75 Å². The highest BCUT2D eigenvalue weighted by molar-refractivity contribution is 5.88. The standard InChI is InChI=1S/C21H22N2O3/c24-17(13-23-21(25)12-16-7-2-4-10-19(16)22-23)14-26-20-11-5-8-15-6-1-3-9-18(15)20/h1,3,5-6,8-9,11-12,17,24H,2,4,7,10,13-14H2. The Balaban J connectivity index is 1.46. The maximum atomic E-state index is 12.2. The fraction of sp³-hybridized carbons (Fsp3) is 0.333. The second-order valence-corrected chi connectivity index (χ2v) is 6.79. The Morgan fingerprint density at radius 3 is 2.85 bits per heavy atom. The molecule has 1 aliphatic carbocycles. The molecule has 4 rings (SSSR count). The average molecular weight is 350 g/mol. The summed E-state index contributed by atoms with van der Waals surface area (Å²) in [6.07, 6.45) is 3.23. The van der Waals surface area contributed by atoms with Crippen LogP contribution in [0.5, 0.6) is 5.75 Å². The molecule has 0 saturated carbocycles. The van der Waals surface area contributed by atoms with E-state index in [9.17, 15) is 9.90 Å². The molecular formula is C21H22N2O3. The number of ether oxygens (including phenoxy) is 1. The van der Waals surface area contributed by atoms with Crippen molar-refractivity contribution in [2.45, 2.75) is 38.3 Å². The minimum atomic E-state index is -0.805. The molecule has 1 heterocycles. The number of aromatic nitrogens is 2. The van der Waals surface area contributed by atoms with Crippen LogP contribution in [0.2, 0.25) is 0 Å². The van der Waals surface area contributed by atoms with Crippen LogP contribution in [-0.2, 0) is 19.4 Å². The minimum absolute atomic E-state index is 0.110. The van der Waals surface area contributed by atoms with Gasteiger partial charge < -0.3 is 9.84 Å². The molecule has 134 valence electrons. The van der Waals surface area contributed by atoms with Gasteiger partial charge in [-0.05, 0) is 42.7 Å². The molecule has 0 fully saturated rings. The summed E-state index contributed by atoms with van der Waals surface area (Å²) >= 11 is 0. The molecule has 1 atom stereocenters. The smallest absolute Gasteiger partial charge is 0.267 e. The third kappa shape index (κ3) is 3.48. The largest absolute Gasteiger partial charge is 0.490 e. The minimum Gasteiger partial charge on any atom is -0.490 e. The summed E-state index contributed by atoms with van der Waals surface area (Å²) in [6, 6.07) is 15.5.